The average molecular weight is 288 g/mol. The second kappa shape index (κ2) is 4.82. The van der Waals surface area contributed by atoms with Crippen molar-refractivity contribution in [3.8, 4) is 11.6 Å². The summed E-state index contributed by atoms with van der Waals surface area (Å²) in [5.41, 5.74) is 0.254. The largest absolute Gasteiger partial charge is 0.478 e. The van der Waals surface area contributed by atoms with Crippen molar-refractivity contribution in [1.82, 2.24) is 19.7 Å². The van der Waals surface area contributed by atoms with Crippen LogP contribution in [0.25, 0.3) is 11.0 Å². The summed E-state index contributed by atoms with van der Waals surface area (Å²) in [7, 11) is 1.71. The zero-order chi connectivity index (χ0) is 15.0. The fraction of sp³-hybridized carbons (Fsp3) is 0.0769. The van der Waals surface area contributed by atoms with Crippen molar-refractivity contribution in [2.75, 3.05) is 0 Å². The first kappa shape index (κ1) is 13.0. The van der Waals surface area contributed by atoms with Gasteiger partial charge in [-0.1, -0.05) is 0 Å². The number of aromatic nitrogens is 4. The number of nitrogens with zero attached hydrogens (tertiary/aromatic N) is 4. The summed E-state index contributed by atoms with van der Waals surface area (Å²) in [6.07, 6.45) is 2.79. The molecule has 8 heteroatoms. The number of carbonyl (C=O) groups is 1. The summed E-state index contributed by atoms with van der Waals surface area (Å²) < 4.78 is 20.2. The van der Waals surface area contributed by atoms with Gasteiger partial charge in [0.1, 0.15) is 28.8 Å². The molecule has 0 aliphatic carbocycles. The molecule has 7 nitrogen and oxygen atoms in total. The Balaban J connectivity index is 2.09. The Bertz CT molecular complexity index is 847. The van der Waals surface area contributed by atoms with Crippen LogP contribution in [0.5, 0.6) is 11.6 Å². The Hall–Kier alpha value is -3.03. The zero-order valence-corrected chi connectivity index (χ0v) is 10.8. The lowest BCUT2D eigenvalue weighted by molar-refractivity contribution is 0.0693. The number of rotatable bonds is 3. The van der Waals surface area contributed by atoms with E-state index in [9.17, 15) is 9.18 Å². The van der Waals surface area contributed by atoms with E-state index >= 15 is 0 Å². The smallest absolute Gasteiger partial charge is 0.339 e. The molecule has 21 heavy (non-hydrogen) atoms. The number of carboxylic acid groups (broad SMARTS) is 1. The molecule has 0 aliphatic rings. The van der Waals surface area contributed by atoms with Crippen molar-refractivity contribution in [1.29, 1.82) is 0 Å². The molecule has 2 heterocycles. The lowest BCUT2D eigenvalue weighted by Gasteiger charge is -2.08. The first-order valence-electron chi connectivity index (χ1n) is 5.89. The fourth-order valence-corrected chi connectivity index (χ4v) is 1.88. The molecule has 0 spiro atoms. The molecule has 0 bridgehead atoms. The van der Waals surface area contributed by atoms with Crippen LogP contribution in [0.15, 0.2) is 30.7 Å². The van der Waals surface area contributed by atoms with Gasteiger partial charge in [-0.2, -0.15) is 5.10 Å². The van der Waals surface area contributed by atoms with Gasteiger partial charge >= 0.3 is 5.97 Å². The SMILES string of the molecule is Cn1ncc2c(Oc3ccc(F)cc3C(=O)O)ncnc21. The van der Waals surface area contributed by atoms with Gasteiger partial charge in [0.2, 0.25) is 5.88 Å². The fourth-order valence-electron chi connectivity index (χ4n) is 1.88. The number of ether oxygens (including phenoxy) is 1. The Morgan fingerprint density at radius 1 is 1.38 bits per heavy atom. The highest BCUT2D eigenvalue weighted by molar-refractivity contribution is 5.91. The molecule has 0 saturated heterocycles. The summed E-state index contributed by atoms with van der Waals surface area (Å²) in [6.45, 7) is 0. The van der Waals surface area contributed by atoms with Gasteiger partial charge in [-0.3, -0.25) is 4.68 Å². The number of hydrogen-bond acceptors (Lipinski definition) is 5. The predicted octanol–water partition coefficient (Wildman–Crippen LogP) is 1.99. The summed E-state index contributed by atoms with van der Waals surface area (Å²) >= 11 is 0. The lowest BCUT2D eigenvalue weighted by atomic mass is 10.2. The summed E-state index contributed by atoms with van der Waals surface area (Å²) in [5, 5.41) is 13.6. The standard InChI is InChI=1S/C13H9FN4O3/c1-18-11-9(5-17-18)12(16-6-15-11)21-10-3-2-7(14)4-8(10)13(19)20/h2-6H,1H3,(H,19,20). The Labute approximate surface area is 117 Å². The quantitative estimate of drug-likeness (QED) is 0.792. The van der Waals surface area contributed by atoms with E-state index in [4.69, 9.17) is 9.84 Å². The molecule has 0 amide bonds. The number of halogens is 1. The van der Waals surface area contributed by atoms with Crippen molar-refractivity contribution >= 4 is 17.0 Å². The second-order valence-electron chi connectivity index (χ2n) is 4.23. The van der Waals surface area contributed by atoms with Crippen LogP contribution in [0.4, 0.5) is 4.39 Å². The third-order valence-corrected chi connectivity index (χ3v) is 2.87. The molecule has 0 fully saturated rings. The average Bonchev–Trinajstić information content (AvgIpc) is 2.83. The number of aromatic carboxylic acids is 1. The number of aryl methyl sites for hydroxylation is 1. The molecular formula is C13H9FN4O3. The molecule has 3 aromatic rings. The van der Waals surface area contributed by atoms with E-state index in [0.29, 0.717) is 11.0 Å². The maximum Gasteiger partial charge on any atom is 0.339 e. The molecule has 0 radical (unpaired) electrons. The molecule has 106 valence electrons. The normalized spacial score (nSPS) is 10.8. The topological polar surface area (TPSA) is 90.1 Å². The van der Waals surface area contributed by atoms with Crippen molar-refractivity contribution in [3.05, 3.63) is 42.1 Å². The van der Waals surface area contributed by atoms with Crippen LogP contribution < -0.4 is 4.74 Å². The van der Waals surface area contributed by atoms with Crippen LogP contribution in [0, 0.1) is 5.82 Å². The molecule has 0 saturated carbocycles. The first-order valence-corrected chi connectivity index (χ1v) is 5.89. The Morgan fingerprint density at radius 2 is 2.19 bits per heavy atom. The number of benzene rings is 1. The van der Waals surface area contributed by atoms with Gasteiger partial charge in [0, 0.05) is 7.05 Å². The van der Waals surface area contributed by atoms with E-state index in [1.54, 1.807) is 7.05 Å². The van der Waals surface area contributed by atoms with Crippen molar-refractivity contribution in [2.45, 2.75) is 0 Å². The van der Waals surface area contributed by atoms with E-state index in [2.05, 4.69) is 15.1 Å². The van der Waals surface area contributed by atoms with Crippen molar-refractivity contribution in [2.24, 2.45) is 7.05 Å². The van der Waals surface area contributed by atoms with Crippen LogP contribution in [-0.2, 0) is 7.05 Å². The van der Waals surface area contributed by atoms with Gasteiger partial charge in [-0.05, 0) is 18.2 Å². The van der Waals surface area contributed by atoms with E-state index in [1.807, 2.05) is 0 Å². The van der Waals surface area contributed by atoms with Crippen molar-refractivity contribution < 1.29 is 19.0 Å². The van der Waals surface area contributed by atoms with Crippen LogP contribution >= 0.6 is 0 Å². The molecule has 0 atom stereocenters. The van der Waals surface area contributed by atoms with Crippen molar-refractivity contribution in [3.63, 3.8) is 0 Å². The van der Waals surface area contributed by atoms with E-state index < -0.39 is 11.8 Å². The minimum atomic E-state index is -1.29. The number of carboxylic acids is 1. The monoisotopic (exact) mass is 288 g/mol. The van der Waals surface area contributed by atoms with Gasteiger partial charge in [0.15, 0.2) is 5.65 Å². The molecule has 2 aromatic heterocycles. The number of fused-ring (bicyclic) bond motifs is 1. The molecular weight excluding hydrogens is 279 g/mol. The maximum atomic E-state index is 13.1. The number of hydrogen-bond donors (Lipinski definition) is 1. The lowest BCUT2D eigenvalue weighted by Crippen LogP contribution is -2.02. The minimum Gasteiger partial charge on any atom is -0.478 e. The maximum absolute atomic E-state index is 13.1. The van der Waals surface area contributed by atoms with Crippen LogP contribution in [0.2, 0.25) is 0 Å². The first-order chi connectivity index (χ1) is 10.1. The Morgan fingerprint density at radius 3 is 2.95 bits per heavy atom. The molecule has 1 N–H and O–H groups in total. The molecule has 0 aliphatic heterocycles. The Kier molecular flexibility index (Phi) is 2.98. The molecule has 0 unspecified atom stereocenters. The van der Waals surface area contributed by atoms with Gasteiger partial charge < -0.3 is 9.84 Å². The van der Waals surface area contributed by atoms with E-state index in [1.165, 1.54) is 23.3 Å². The molecule has 3 rings (SSSR count). The van der Waals surface area contributed by atoms with Gasteiger partial charge in [0.05, 0.1) is 6.20 Å². The zero-order valence-electron chi connectivity index (χ0n) is 10.8. The summed E-state index contributed by atoms with van der Waals surface area (Å²) in [4.78, 5) is 19.1. The summed E-state index contributed by atoms with van der Waals surface area (Å²) in [5.74, 6) is -1.80. The predicted molar refractivity (Wildman–Crippen MR) is 69.7 cm³/mol. The molecule has 1 aromatic carbocycles. The second-order valence-corrected chi connectivity index (χ2v) is 4.23. The third-order valence-electron chi connectivity index (χ3n) is 2.87. The van der Waals surface area contributed by atoms with Crippen LogP contribution in [0.1, 0.15) is 10.4 Å². The van der Waals surface area contributed by atoms with Crippen LogP contribution in [-0.4, -0.2) is 30.8 Å². The minimum absolute atomic E-state index is 0.00671. The van der Waals surface area contributed by atoms with Gasteiger partial charge in [0.25, 0.3) is 0 Å². The van der Waals surface area contributed by atoms with E-state index in [0.717, 1.165) is 12.1 Å². The van der Waals surface area contributed by atoms with Crippen LogP contribution in [0.3, 0.4) is 0 Å². The van der Waals surface area contributed by atoms with Gasteiger partial charge in [-0.25, -0.2) is 19.2 Å². The third kappa shape index (κ3) is 2.27. The highest BCUT2D eigenvalue weighted by atomic mass is 19.1. The highest BCUT2D eigenvalue weighted by Gasteiger charge is 2.16. The summed E-state index contributed by atoms with van der Waals surface area (Å²) in [6, 6.07) is 3.24. The van der Waals surface area contributed by atoms with Gasteiger partial charge in [-0.15, -0.1) is 0 Å². The highest BCUT2D eigenvalue weighted by Crippen LogP contribution is 2.29. The van der Waals surface area contributed by atoms with E-state index in [-0.39, 0.29) is 17.2 Å².